The van der Waals surface area contributed by atoms with Gasteiger partial charge in [-0.25, -0.2) is 38.7 Å². The van der Waals surface area contributed by atoms with Crippen molar-refractivity contribution in [3.63, 3.8) is 0 Å². The number of carbonyl (C=O) groups excluding carboxylic acids is 2. The van der Waals surface area contributed by atoms with Gasteiger partial charge in [0.15, 0.2) is 36.3 Å². The number of hydrogen-bond donors (Lipinski definition) is 2. The lowest BCUT2D eigenvalue weighted by molar-refractivity contribution is -0.378. The SMILES string of the molecule is C(=C\c1cccc2cccc(/C=C/c3cc[nH+]cc3)c12)/c1cc[nH+]cc1.O=C(O)c1cc2ccccc2c(=O)o1.O=C(O)c1cc2ccccc2c(=O)o1.O=C([O-])c1cc2ccccc2c(=O)o1.O=C([O-])c1cc2ccccc2c(=O)o1. The molecule has 0 amide bonds. The number of benzene rings is 6. The first-order chi connectivity index (χ1) is 39.6. The molecular weight excluding hydrogens is 1050 g/mol. The van der Waals surface area contributed by atoms with Crippen LogP contribution in [0.3, 0.4) is 0 Å². The summed E-state index contributed by atoms with van der Waals surface area (Å²) in [6, 6.07) is 52.9. The van der Waals surface area contributed by atoms with Gasteiger partial charge >= 0.3 is 34.4 Å². The first-order valence-electron chi connectivity index (χ1n) is 24.4. The Labute approximate surface area is 461 Å². The van der Waals surface area contributed by atoms with Crippen LogP contribution in [0.15, 0.2) is 244 Å². The van der Waals surface area contributed by atoms with E-state index in [-0.39, 0.29) is 11.5 Å². The number of nitrogens with one attached hydrogen (secondary N) is 2. The van der Waals surface area contributed by atoms with E-state index in [0.717, 1.165) is 0 Å². The minimum absolute atomic E-state index is 0.339. The summed E-state index contributed by atoms with van der Waals surface area (Å²) in [4.78, 5) is 93.2. The topological polar surface area (TPSA) is 304 Å². The van der Waals surface area contributed by atoms with Gasteiger partial charge in [-0.2, -0.15) is 0 Å². The van der Waals surface area contributed by atoms with Crippen molar-refractivity contribution < 1.29 is 67.2 Å². The maximum Gasteiger partial charge on any atom is 0.371 e. The Kier molecular flexibility index (Phi) is 18.1. The van der Waals surface area contributed by atoms with Gasteiger partial charge in [-0.05, 0) is 103 Å². The Morgan fingerprint density at radius 1 is 0.354 bits per heavy atom. The van der Waals surface area contributed by atoms with Crippen LogP contribution in [0.25, 0.3) is 78.2 Å². The zero-order valence-corrected chi connectivity index (χ0v) is 42.5. The van der Waals surface area contributed by atoms with Crippen LogP contribution in [0.2, 0.25) is 0 Å². The molecule has 6 aromatic carbocycles. The van der Waals surface area contributed by atoms with Crippen molar-refractivity contribution in [2.45, 2.75) is 0 Å². The molecule has 18 heteroatoms. The molecule has 6 heterocycles. The number of aromatic carboxylic acids is 4. The van der Waals surface area contributed by atoms with Gasteiger partial charge in [-0.1, -0.05) is 133 Å². The van der Waals surface area contributed by atoms with Crippen molar-refractivity contribution in [1.29, 1.82) is 0 Å². The van der Waals surface area contributed by atoms with E-state index in [4.69, 9.17) is 10.2 Å². The van der Waals surface area contributed by atoms with Crippen molar-refractivity contribution in [2.75, 3.05) is 0 Å². The molecule has 0 saturated heterocycles. The molecule has 18 nitrogen and oxygen atoms in total. The number of fused-ring (bicyclic) bond motifs is 5. The molecule has 0 aliphatic carbocycles. The van der Waals surface area contributed by atoms with Crippen LogP contribution in [-0.4, -0.2) is 34.1 Å². The Morgan fingerprint density at radius 3 is 0.939 bits per heavy atom. The second-order valence-corrected chi connectivity index (χ2v) is 17.3. The molecule has 4 N–H and O–H groups in total. The van der Waals surface area contributed by atoms with Gasteiger partial charge in [-0.15, -0.1) is 0 Å². The molecule has 82 heavy (non-hydrogen) atoms. The molecule has 0 aliphatic heterocycles. The summed E-state index contributed by atoms with van der Waals surface area (Å²) in [5.41, 5.74) is 2.21. The third-order valence-corrected chi connectivity index (χ3v) is 11.9. The summed E-state index contributed by atoms with van der Waals surface area (Å²) in [7, 11) is 0. The molecule has 0 atom stereocenters. The van der Waals surface area contributed by atoms with Gasteiger partial charge in [-0.3, -0.25) is 0 Å². The molecule has 0 bridgehead atoms. The summed E-state index contributed by atoms with van der Waals surface area (Å²) >= 11 is 0. The summed E-state index contributed by atoms with van der Waals surface area (Å²) in [5.74, 6) is -7.05. The van der Waals surface area contributed by atoms with Gasteiger partial charge < -0.3 is 47.7 Å². The summed E-state index contributed by atoms with van der Waals surface area (Å²) < 4.78 is 18.3. The molecule has 0 fully saturated rings. The van der Waals surface area contributed by atoms with Crippen LogP contribution in [-0.2, 0) is 0 Å². The van der Waals surface area contributed by atoms with Crippen molar-refractivity contribution in [1.82, 2.24) is 0 Å². The lowest BCUT2D eigenvalue weighted by Gasteiger charge is -2.07. The Morgan fingerprint density at radius 2 is 0.634 bits per heavy atom. The number of hydrogen-bond acceptors (Lipinski definition) is 14. The summed E-state index contributed by atoms with van der Waals surface area (Å²) in [6.45, 7) is 0. The summed E-state index contributed by atoms with van der Waals surface area (Å²) in [5, 5.41) is 44.4. The number of carboxylic acids is 4. The van der Waals surface area contributed by atoms with E-state index in [1.165, 1.54) is 57.3 Å². The van der Waals surface area contributed by atoms with Gasteiger partial charge in [0.25, 0.3) is 0 Å². The molecule has 0 spiro atoms. The zero-order chi connectivity index (χ0) is 58.1. The van der Waals surface area contributed by atoms with Gasteiger partial charge in [0.05, 0.1) is 21.5 Å². The lowest BCUT2D eigenvalue weighted by atomic mass is 9.98. The highest BCUT2D eigenvalue weighted by Crippen LogP contribution is 2.27. The Bertz CT molecular complexity index is 4140. The third-order valence-electron chi connectivity index (χ3n) is 11.9. The molecule has 0 radical (unpaired) electrons. The second kappa shape index (κ2) is 26.4. The number of carboxylic acid groups (broad SMARTS) is 4. The van der Waals surface area contributed by atoms with Crippen LogP contribution >= 0.6 is 0 Å². The van der Waals surface area contributed by atoms with E-state index in [0.29, 0.717) is 43.1 Å². The maximum atomic E-state index is 11.3. The minimum Gasteiger partial charge on any atom is -0.542 e. The van der Waals surface area contributed by atoms with E-state index in [2.05, 4.69) is 113 Å². The highest BCUT2D eigenvalue weighted by Gasteiger charge is 2.11. The number of H-pyrrole nitrogens is 2. The fourth-order valence-electron chi connectivity index (χ4n) is 8.02. The van der Waals surface area contributed by atoms with Gasteiger partial charge in [0, 0.05) is 24.3 Å². The van der Waals surface area contributed by atoms with Crippen LogP contribution in [0.1, 0.15) is 64.5 Å². The molecule has 12 aromatic rings. The molecule has 0 unspecified atom stereocenters. The monoisotopic (exact) mass is 1090 g/mol. The van der Waals surface area contributed by atoms with Crippen LogP contribution < -0.4 is 42.7 Å². The number of aromatic nitrogens is 2. The number of rotatable bonds is 8. The first kappa shape index (κ1) is 56.3. The standard InChI is InChI=1S/C24H18N2.4C10H6O4/c1-3-21-4-2-6-23(10-8-20-13-17-26-18-14-20)24(21)22(5-1)9-7-19-11-15-25-16-12-19;4*11-9(12)8-5-6-3-1-2-4-7(6)10(13)14-8/h1-18H;4*1-5H,(H,11,12)/b9-7+,10-8+;;;;. The number of aromatic amines is 2. The highest BCUT2D eigenvalue weighted by atomic mass is 16.4. The zero-order valence-electron chi connectivity index (χ0n) is 42.5. The van der Waals surface area contributed by atoms with Gasteiger partial charge in [0.2, 0.25) is 11.5 Å². The predicted molar refractivity (Wildman–Crippen MR) is 300 cm³/mol. The predicted octanol–water partition coefficient (Wildman–Crippen LogP) is 8.10. The van der Waals surface area contributed by atoms with Crippen molar-refractivity contribution in [3.05, 3.63) is 294 Å². The average molecular weight is 1100 g/mol. The lowest BCUT2D eigenvalue weighted by Crippen LogP contribution is -2.23. The molecule has 12 rings (SSSR count). The van der Waals surface area contributed by atoms with Gasteiger partial charge in [0.1, 0.15) is 11.9 Å². The molecule has 404 valence electrons. The maximum absolute atomic E-state index is 11.3. The van der Waals surface area contributed by atoms with Crippen molar-refractivity contribution >= 4 is 102 Å². The smallest absolute Gasteiger partial charge is 0.371 e. The van der Waals surface area contributed by atoms with E-state index in [1.807, 2.05) is 24.8 Å². The van der Waals surface area contributed by atoms with E-state index in [9.17, 15) is 48.6 Å². The second-order valence-electron chi connectivity index (χ2n) is 17.3. The largest absolute Gasteiger partial charge is 0.542 e. The fourth-order valence-corrected chi connectivity index (χ4v) is 8.02. The fraction of sp³-hybridized carbons (Fsp3) is 0. The molecule has 0 aliphatic rings. The average Bonchev–Trinajstić information content (AvgIpc) is 3.64. The van der Waals surface area contributed by atoms with E-state index < -0.39 is 57.9 Å². The third kappa shape index (κ3) is 14.4. The van der Waals surface area contributed by atoms with Crippen molar-refractivity contribution in [2.24, 2.45) is 0 Å². The Hall–Kier alpha value is -11.9. The molecular formula is C64H42N2O16. The van der Waals surface area contributed by atoms with Crippen molar-refractivity contribution in [3.8, 4) is 0 Å². The quantitative estimate of drug-likeness (QED) is 0.145. The summed E-state index contributed by atoms with van der Waals surface area (Å²) in [6.07, 6.45) is 16.4. The normalized spacial score (nSPS) is 10.7. The number of carbonyl (C=O) groups is 4. The molecule has 0 saturated carbocycles. The minimum atomic E-state index is -1.49. The Balaban J connectivity index is 0.000000138. The van der Waals surface area contributed by atoms with Crippen LogP contribution in [0.5, 0.6) is 0 Å². The highest BCUT2D eigenvalue weighted by molar-refractivity contribution is 6.00. The van der Waals surface area contributed by atoms with Crippen LogP contribution in [0, 0.1) is 0 Å². The van der Waals surface area contributed by atoms with Crippen LogP contribution in [0.4, 0.5) is 0 Å². The van der Waals surface area contributed by atoms with E-state index >= 15 is 0 Å². The number of pyridine rings is 2. The van der Waals surface area contributed by atoms with E-state index in [1.54, 1.807) is 97.1 Å². The first-order valence-corrected chi connectivity index (χ1v) is 24.4. The molecule has 6 aromatic heterocycles.